The van der Waals surface area contributed by atoms with Crippen molar-refractivity contribution in [2.24, 2.45) is 11.7 Å². The molecule has 0 bridgehead atoms. The van der Waals surface area contributed by atoms with Crippen LogP contribution in [0.4, 0.5) is 0 Å². The number of amides is 1. The van der Waals surface area contributed by atoms with Gasteiger partial charge in [0.25, 0.3) is 0 Å². The maximum atomic E-state index is 12.3. The number of nitrogens with zero attached hydrogens (tertiary/aromatic N) is 3. The van der Waals surface area contributed by atoms with Crippen LogP contribution >= 0.6 is 36.2 Å². The summed E-state index contributed by atoms with van der Waals surface area (Å²) in [7, 11) is 0. The minimum Gasteiger partial charge on any atom is -0.340 e. The number of rotatable bonds is 5. The number of aryl methyl sites for hydroxylation is 1. The van der Waals surface area contributed by atoms with Gasteiger partial charge in [-0.1, -0.05) is 13.8 Å². The largest absolute Gasteiger partial charge is 0.340 e. The minimum absolute atomic E-state index is 0. The van der Waals surface area contributed by atoms with Crippen LogP contribution < -0.4 is 5.73 Å². The molecule has 1 amide bonds. The zero-order valence-corrected chi connectivity index (χ0v) is 16.5. The molecule has 0 radical (unpaired) electrons. The molecule has 2 N–H and O–H groups in total. The van der Waals surface area contributed by atoms with E-state index in [9.17, 15) is 4.79 Å². The normalized spacial score (nSPS) is 17.8. The molecule has 1 aromatic rings. The van der Waals surface area contributed by atoms with Crippen molar-refractivity contribution in [2.75, 3.05) is 26.2 Å². The highest BCUT2D eigenvalue weighted by Gasteiger charge is 2.26. The number of carbonyl (C=O) groups is 1. The van der Waals surface area contributed by atoms with Crippen molar-refractivity contribution in [3.8, 4) is 0 Å². The van der Waals surface area contributed by atoms with Gasteiger partial charge in [0.2, 0.25) is 5.91 Å². The van der Waals surface area contributed by atoms with Gasteiger partial charge >= 0.3 is 0 Å². The lowest BCUT2D eigenvalue weighted by Gasteiger charge is -2.36. The molecule has 1 aliphatic heterocycles. The molecule has 2 unspecified atom stereocenters. The predicted octanol–water partition coefficient (Wildman–Crippen LogP) is 2.18. The fraction of sp³-hybridized carbons (Fsp3) is 0.733. The molecule has 23 heavy (non-hydrogen) atoms. The maximum absolute atomic E-state index is 12.3. The first kappa shape index (κ1) is 22.6. The third-order valence-corrected chi connectivity index (χ3v) is 5.19. The van der Waals surface area contributed by atoms with Gasteiger partial charge in [-0.05, 0) is 13.3 Å². The Bertz CT molecular complexity index is 476. The third kappa shape index (κ3) is 6.19. The predicted molar refractivity (Wildman–Crippen MR) is 101 cm³/mol. The van der Waals surface area contributed by atoms with Crippen molar-refractivity contribution in [3.05, 3.63) is 16.1 Å². The van der Waals surface area contributed by atoms with E-state index >= 15 is 0 Å². The summed E-state index contributed by atoms with van der Waals surface area (Å²) in [6.45, 7) is 10.2. The molecule has 2 atom stereocenters. The van der Waals surface area contributed by atoms with E-state index in [2.05, 4.69) is 22.2 Å². The molecule has 2 heterocycles. The molecule has 0 aliphatic carbocycles. The first-order valence-electron chi connectivity index (χ1n) is 7.71. The Morgan fingerprint density at radius 3 is 2.39 bits per heavy atom. The lowest BCUT2D eigenvalue weighted by Crippen LogP contribution is -2.51. The molecular weight excluding hydrogens is 355 g/mol. The second-order valence-corrected chi connectivity index (χ2v) is 6.78. The number of hydrogen-bond donors (Lipinski definition) is 1. The number of hydrogen-bond acceptors (Lipinski definition) is 5. The SMILES string of the molecule is CCc1nc(CN2CCN(C(=O)C(C)C(C)N)CC2)cs1.Cl.Cl. The molecule has 5 nitrogen and oxygen atoms in total. The highest BCUT2D eigenvalue weighted by Crippen LogP contribution is 2.15. The van der Waals surface area contributed by atoms with E-state index in [0.29, 0.717) is 0 Å². The van der Waals surface area contributed by atoms with Crippen molar-refractivity contribution in [3.63, 3.8) is 0 Å². The Balaban J connectivity index is 0.00000242. The quantitative estimate of drug-likeness (QED) is 0.847. The fourth-order valence-corrected chi connectivity index (χ4v) is 3.19. The number of aromatic nitrogens is 1. The molecular formula is C15H28Cl2N4OS. The lowest BCUT2D eigenvalue weighted by molar-refractivity contribution is -0.137. The average molecular weight is 383 g/mol. The molecule has 8 heteroatoms. The summed E-state index contributed by atoms with van der Waals surface area (Å²) < 4.78 is 0. The van der Waals surface area contributed by atoms with Crippen molar-refractivity contribution in [2.45, 2.75) is 39.8 Å². The molecule has 0 spiro atoms. The van der Waals surface area contributed by atoms with Gasteiger partial charge in [0, 0.05) is 44.1 Å². The molecule has 0 aromatic carbocycles. The summed E-state index contributed by atoms with van der Waals surface area (Å²) in [5.74, 6) is 0.0915. The maximum Gasteiger partial charge on any atom is 0.227 e. The lowest BCUT2D eigenvalue weighted by atomic mass is 10.0. The highest BCUT2D eigenvalue weighted by molar-refractivity contribution is 7.09. The first-order valence-corrected chi connectivity index (χ1v) is 8.59. The standard InChI is InChI=1S/C15H26N4OS.2ClH/c1-4-14-17-13(10-21-14)9-18-5-7-19(8-6-18)15(20)11(2)12(3)16;;/h10-12H,4-9,16H2,1-3H3;2*1H. The minimum atomic E-state index is -0.0952. The smallest absolute Gasteiger partial charge is 0.227 e. The summed E-state index contributed by atoms with van der Waals surface area (Å²) in [4.78, 5) is 21.2. The van der Waals surface area contributed by atoms with Gasteiger partial charge in [-0.2, -0.15) is 0 Å². The van der Waals surface area contributed by atoms with E-state index in [1.165, 1.54) is 5.01 Å². The molecule has 0 saturated carbocycles. The summed E-state index contributed by atoms with van der Waals surface area (Å²) >= 11 is 1.73. The molecule has 1 aromatic heterocycles. The molecule has 1 fully saturated rings. The van der Waals surface area contributed by atoms with Crippen LogP contribution in [0.1, 0.15) is 31.5 Å². The second-order valence-electron chi connectivity index (χ2n) is 5.84. The van der Waals surface area contributed by atoms with Crippen LogP contribution in [-0.2, 0) is 17.8 Å². The Morgan fingerprint density at radius 2 is 1.91 bits per heavy atom. The Hall–Kier alpha value is -0.400. The van der Waals surface area contributed by atoms with Crippen molar-refractivity contribution >= 4 is 42.1 Å². The summed E-state index contributed by atoms with van der Waals surface area (Å²) in [5, 5.41) is 3.35. The van der Waals surface area contributed by atoms with Gasteiger partial charge in [-0.3, -0.25) is 9.69 Å². The van der Waals surface area contributed by atoms with Crippen molar-refractivity contribution in [1.29, 1.82) is 0 Å². The average Bonchev–Trinajstić information content (AvgIpc) is 2.94. The summed E-state index contributed by atoms with van der Waals surface area (Å²) in [6.07, 6.45) is 1.00. The molecule has 1 saturated heterocycles. The topological polar surface area (TPSA) is 62.5 Å². The van der Waals surface area contributed by atoms with E-state index in [-0.39, 0.29) is 42.7 Å². The number of thiazole rings is 1. The first-order chi connectivity index (χ1) is 10.0. The van der Waals surface area contributed by atoms with E-state index in [4.69, 9.17) is 5.73 Å². The van der Waals surface area contributed by atoms with Crippen LogP contribution in [0.25, 0.3) is 0 Å². The van der Waals surface area contributed by atoms with Crippen LogP contribution in [0.2, 0.25) is 0 Å². The molecule has 2 rings (SSSR count). The Kier molecular flexibility index (Phi) is 10.3. The van der Waals surface area contributed by atoms with Gasteiger partial charge in [-0.25, -0.2) is 4.98 Å². The third-order valence-electron chi connectivity index (χ3n) is 4.15. The Labute approximate surface area is 155 Å². The monoisotopic (exact) mass is 382 g/mol. The van der Waals surface area contributed by atoms with E-state index in [1.54, 1.807) is 11.3 Å². The molecule has 134 valence electrons. The van der Waals surface area contributed by atoms with Gasteiger partial charge in [0.1, 0.15) is 0 Å². The molecule has 1 aliphatic rings. The Morgan fingerprint density at radius 1 is 1.30 bits per heavy atom. The number of halogens is 2. The van der Waals surface area contributed by atoms with Crippen LogP contribution in [0.5, 0.6) is 0 Å². The van der Waals surface area contributed by atoms with Gasteiger partial charge in [0.05, 0.1) is 16.6 Å². The van der Waals surface area contributed by atoms with Gasteiger partial charge < -0.3 is 10.6 Å². The van der Waals surface area contributed by atoms with Gasteiger partial charge in [-0.15, -0.1) is 36.2 Å². The van der Waals surface area contributed by atoms with Crippen molar-refractivity contribution in [1.82, 2.24) is 14.8 Å². The van der Waals surface area contributed by atoms with Crippen molar-refractivity contribution < 1.29 is 4.79 Å². The van der Waals surface area contributed by atoms with Crippen LogP contribution in [-0.4, -0.2) is 52.9 Å². The highest BCUT2D eigenvalue weighted by atomic mass is 35.5. The van der Waals surface area contributed by atoms with E-state index in [1.807, 2.05) is 18.7 Å². The van der Waals surface area contributed by atoms with Crippen LogP contribution in [0, 0.1) is 5.92 Å². The zero-order chi connectivity index (χ0) is 15.4. The van der Waals surface area contributed by atoms with Crippen LogP contribution in [0.3, 0.4) is 0 Å². The van der Waals surface area contributed by atoms with Crippen LogP contribution in [0.15, 0.2) is 5.38 Å². The second kappa shape index (κ2) is 10.5. The zero-order valence-electron chi connectivity index (χ0n) is 14.0. The fourth-order valence-electron chi connectivity index (χ4n) is 2.45. The number of nitrogens with two attached hydrogens (primary N) is 1. The van der Waals surface area contributed by atoms with E-state index < -0.39 is 0 Å². The van der Waals surface area contributed by atoms with E-state index in [0.717, 1.165) is 44.8 Å². The number of carbonyl (C=O) groups excluding carboxylic acids is 1. The summed E-state index contributed by atoms with van der Waals surface area (Å²) in [6, 6.07) is -0.0852. The van der Waals surface area contributed by atoms with Gasteiger partial charge in [0.15, 0.2) is 0 Å². The summed E-state index contributed by atoms with van der Waals surface area (Å²) in [5.41, 5.74) is 6.98. The number of piperazine rings is 1.